The Bertz CT molecular complexity index is 602. The zero-order valence-corrected chi connectivity index (χ0v) is 16.9. The first-order chi connectivity index (χ1) is 12.6. The van der Waals surface area contributed by atoms with Crippen LogP contribution in [0.3, 0.4) is 0 Å². The summed E-state index contributed by atoms with van der Waals surface area (Å²) in [5, 5.41) is 6.27. The molecule has 0 amide bonds. The molecule has 2 aliphatic rings. The molecule has 1 saturated heterocycles. The Morgan fingerprint density at radius 3 is 2.41 bits per heavy atom. The lowest BCUT2D eigenvalue weighted by atomic mass is 9.85. The van der Waals surface area contributed by atoms with Gasteiger partial charge in [0.15, 0.2) is 5.96 Å². The van der Waals surface area contributed by atoms with Gasteiger partial charge in [-0.2, -0.15) is 13.2 Å². The Kier molecular flexibility index (Phi) is 7.79. The molecule has 0 bridgehead atoms. The number of hydrogen-bond acceptors (Lipinski definition) is 3. The Hall–Kier alpha value is -1.03. The molecule has 1 heterocycles. The summed E-state index contributed by atoms with van der Waals surface area (Å²) >= 11 is 0. The Morgan fingerprint density at radius 2 is 1.85 bits per heavy atom. The van der Waals surface area contributed by atoms with Gasteiger partial charge in [0.1, 0.15) is 0 Å². The second-order valence-electron chi connectivity index (χ2n) is 7.57. The van der Waals surface area contributed by atoms with Crippen LogP contribution < -0.4 is 10.6 Å². The molecule has 2 unspecified atom stereocenters. The molecule has 158 valence electrons. The van der Waals surface area contributed by atoms with Crippen LogP contribution in [-0.2, 0) is 10.0 Å². The third kappa shape index (κ3) is 7.14. The predicted molar refractivity (Wildman–Crippen MR) is 100 cm³/mol. The van der Waals surface area contributed by atoms with E-state index in [9.17, 15) is 21.6 Å². The van der Waals surface area contributed by atoms with E-state index < -0.39 is 22.1 Å². The Balaban J connectivity index is 1.87. The molecule has 0 radical (unpaired) electrons. The van der Waals surface area contributed by atoms with Gasteiger partial charge >= 0.3 is 6.18 Å². The lowest BCUT2D eigenvalue weighted by Gasteiger charge is -2.32. The van der Waals surface area contributed by atoms with Crippen molar-refractivity contribution in [2.24, 2.45) is 16.8 Å². The van der Waals surface area contributed by atoms with Crippen LogP contribution >= 0.6 is 0 Å². The van der Waals surface area contributed by atoms with Crippen LogP contribution in [0.15, 0.2) is 4.99 Å². The summed E-state index contributed by atoms with van der Waals surface area (Å²) in [5.41, 5.74) is 0. The minimum absolute atomic E-state index is 0.0840. The molecule has 0 spiro atoms. The van der Waals surface area contributed by atoms with Gasteiger partial charge in [-0.05, 0) is 44.9 Å². The summed E-state index contributed by atoms with van der Waals surface area (Å²) in [6.45, 7) is 4.09. The number of guanidine groups is 1. The van der Waals surface area contributed by atoms with Crippen LogP contribution in [0.1, 0.15) is 45.4 Å². The van der Waals surface area contributed by atoms with E-state index in [2.05, 4.69) is 15.6 Å². The molecule has 0 aromatic carbocycles. The van der Waals surface area contributed by atoms with Crippen molar-refractivity contribution in [3.8, 4) is 0 Å². The number of rotatable bonds is 5. The molecule has 6 nitrogen and oxygen atoms in total. The lowest BCUT2D eigenvalue weighted by molar-refractivity contribution is -0.183. The standard InChI is InChI=1S/C17H31F3N4O2S/c1-3-21-16(23-15-6-4-5-14(11-15)17(18,19)20)22-12-13-7-9-24(10-8-13)27(2,25)26/h13-15H,3-12H2,1-2H3,(H2,21,22,23). The third-order valence-corrected chi connectivity index (χ3v) is 6.68. The number of sulfonamides is 1. The first-order valence-corrected chi connectivity index (χ1v) is 11.5. The quantitative estimate of drug-likeness (QED) is 0.537. The molecule has 1 aliphatic heterocycles. The van der Waals surface area contributed by atoms with Crippen molar-refractivity contribution in [2.75, 3.05) is 32.4 Å². The molecule has 27 heavy (non-hydrogen) atoms. The second-order valence-corrected chi connectivity index (χ2v) is 9.55. The van der Waals surface area contributed by atoms with Crippen molar-refractivity contribution >= 4 is 16.0 Å². The first-order valence-electron chi connectivity index (χ1n) is 9.66. The van der Waals surface area contributed by atoms with Gasteiger partial charge in [0.05, 0.1) is 12.2 Å². The fourth-order valence-corrected chi connectivity index (χ4v) is 4.65. The summed E-state index contributed by atoms with van der Waals surface area (Å²) in [4.78, 5) is 4.55. The highest BCUT2D eigenvalue weighted by molar-refractivity contribution is 7.88. The van der Waals surface area contributed by atoms with Gasteiger partial charge in [-0.15, -0.1) is 0 Å². The highest BCUT2D eigenvalue weighted by Gasteiger charge is 2.42. The van der Waals surface area contributed by atoms with E-state index in [0.29, 0.717) is 45.0 Å². The minimum Gasteiger partial charge on any atom is -0.357 e. The smallest absolute Gasteiger partial charge is 0.357 e. The summed E-state index contributed by atoms with van der Waals surface area (Å²) in [7, 11) is -3.14. The molecule has 0 aromatic rings. The Labute approximate surface area is 160 Å². The van der Waals surface area contributed by atoms with Gasteiger partial charge in [-0.1, -0.05) is 6.42 Å². The number of nitrogens with one attached hydrogen (secondary N) is 2. The van der Waals surface area contributed by atoms with Crippen LogP contribution in [-0.4, -0.2) is 63.3 Å². The van der Waals surface area contributed by atoms with E-state index in [1.807, 2.05) is 6.92 Å². The topological polar surface area (TPSA) is 73.8 Å². The monoisotopic (exact) mass is 412 g/mol. The van der Waals surface area contributed by atoms with Crippen molar-refractivity contribution in [3.05, 3.63) is 0 Å². The van der Waals surface area contributed by atoms with E-state index in [1.54, 1.807) is 0 Å². The van der Waals surface area contributed by atoms with E-state index >= 15 is 0 Å². The first kappa shape index (κ1) is 22.3. The largest absolute Gasteiger partial charge is 0.391 e. The minimum atomic E-state index is -4.14. The van der Waals surface area contributed by atoms with Crippen molar-refractivity contribution in [3.63, 3.8) is 0 Å². The summed E-state index contributed by atoms with van der Waals surface area (Å²) < 4.78 is 63.6. The number of piperidine rings is 1. The van der Waals surface area contributed by atoms with Crippen LogP contribution in [0.2, 0.25) is 0 Å². The average molecular weight is 413 g/mol. The zero-order chi connectivity index (χ0) is 20.1. The van der Waals surface area contributed by atoms with Gasteiger partial charge in [0.25, 0.3) is 0 Å². The van der Waals surface area contributed by atoms with Gasteiger partial charge in [0, 0.05) is 32.2 Å². The summed E-state index contributed by atoms with van der Waals surface area (Å²) in [6, 6.07) is -0.227. The Morgan fingerprint density at radius 1 is 1.19 bits per heavy atom. The summed E-state index contributed by atoms with van der Waals surface area (Å²) in [6.07, 6.45) is 0.134. The molecular weight excluding hydrogens is 381 g/mol. The van der Waals surface area contributed by atoms with E-state index in [1.165, 1.54) is 10.6 Å². The predicted octanol–water partition coefficient (Wildman–Crippen LogP) is 2.33. The van der Waals surface area contributed by atoms with Crippen molar-refractivity contribution < 1.29 is 21.6 Å². The maximum absolute atomic E-state index is 13.0. The molecule has 2 rings (SSSR count). The van der Waals surface area contributed by atoms with Gasteiger partial charge in [0.2, 0.25) is 10.0 Å². The fraction of sp³-hybridized carbons (Fsp3) is 0.941. The SMILES string of the molecule is CCNC(=NCC1CCN(S(C)(=O)=O)CC1)NC1CCCC(C(F)(F)F)C1. The molecule has 2 fully saturated rings. The number of aliphatic imine (C=N–C) groups is 1. The van der Waals surface area contributed by atoms with E-state index in [-0.39, 0.29) is 24.8 Å². The summed E-state index contributed by atoms with van der Waals surface area (Å²) in [5.74, 6) is -0.407. The molecule has 1 aliphatic carbocycles. The average Bonchev–Trinajstić information content (AvgIpc) is 2.59. The van der Waals surface area contributed by atoms with Crippen LogP contribution in [0.4, 0.5) is 13.2 Å². The third-order valence-electron chi connectivity index (χ3n) is 5.37. The number of nitrogens with zero attached hydrogens (tertiary/aromatic N) is 2. The van der Waals surface area contributed by atoms with Gasteiger partial charge in [-0.25, -0.2) is 12.7 Å². The number of alkyl halides is 3. The normalized spacial score (nSPS) is 26.8. The van der Waals surface area contributed by atoms with Crippen molar-refractivity contribution in [1.29, 1.82) is 0 Å². The van der Waals surface area contributed by atoms with Gasteiger partial charge in [-0.3, -0.25) is 4.99 Å². The number of hydrogen-bond donors (Lipinski definition) is 2. The lowest BCUT2D eigenvalue weighted by Crippen LogP contribution is -2.47. The van der Waals surface area contributed by atoms with Crippen molar-refractivity contribution in [1.82, 2.24) is 14.9 Å². The van der Waals surface area contributed by atoms with E-state index in [4.69, 9.17) is 0 Å². The van der Waals surface area contributed by atoms with Crippen molar-refractivity contribution in [2.45, 2.75) is 57.7 Å². The van der Waals surface area contributed by atoms with Crippen LogP contribution in [0.25, 0.3) is 0 Å². The van der Waals surface area contributed by atoms with Crippen LogP contribution in [0, 0.1) is 11.8 Å². The highest BCUT2D eigenvalue weighted by Crippen LogP contribution is 2.37. The second kappa shape index (κ2) is 9.45. The molecular formula is C17H31F3N4O2S. The maximum atomic E-state index is 13.0. The number of halogens is 3. The zero-order valence-electron chi connectivity index (χ0n) is 16.1. The highest BCUT2D eigenvalue weighted by atomic mass is 32.2. The van der Waals surface area contributed by atoms with Crippen LogP contribution in [0.5, 0.6) is 0 Å². The maximum Gasteiger partial charge on any atom is 0.391 e. The molecule has 0 aromatic heterocycles. The molecule has 2 atom stereocenters. The molecule has 1 saturated carbocycles. The van der Waals surface area contributed by atoms with E-state index in [0.717, 1.165) is 12.8 Å². The molecule has 10 heteroatoms. The fourth-order valence-electron chi connectivity index (χ4n) is 3.78. The molecule has 2 N–H and O–H groups in total. The van der Waals surface area contributed by atoms with Gasteiger partial charge < -0.3 is 10.6 Å².